The number of hydrogen-bond donors (Lipinski definition) is 1. The minimum Gasteiger partial charge on any atom is -0.313 e. The van der Waals surface area contributed by atoms with Crippen LogP contribution in [0.1, 0.15) is 26.3 Å². The van der Waals surface area contributed by atoms with Crippen molar-refractivity contribution in [1.29, 1.82) is 0 Å². The van der Waals surface area contributed by atoms with E-state index in [1.165, 1.54) is 12.1 Å². The molecule has 1 unspecified atom stereocenters. The summed E-state index contributed by atoms with van der Waals surface area (Å²) in [6.07, 6.45) is 0. The molecule has 0 aromatic heterocycles. The number of nitrogens with one attached hydrogen (secondary N) is 1. The summed E-state index contributed by atoms with van der Waals surface area (Å²) in [5.41, 5.74) is 1.15. The number of halogens is 1. The quantitative estimate of drug-likeness (QED) is 0.802. The van der Waals surface area contributed by atoms with E-state index in [2.05, 4.69) is 38.0 Å². The number of likely N-dealkylation sites (N-methyl/N-ethyl adjacent to an activating group) is 2. The SMILES string of the molecule is CCNC(CN(C)Cc1ccc(F)cc1)C(C)C. The van der Waals surface area contributed by atoms with E-state index in [9.17, 15) is 4.39 Å². The summed E-state index contributed by atoms with van der Waals surface area (Å²) in [5.74, 6) is 0.440. The van der Waals surface area contributed by atoms with Crippen LogP contribution in [0.5, 0.6) is 0 Å². The van der Waals surface area contributed by atoms with Crippen molar-refractivity contribution < 1.29 is 4.39 Å². The Hall–Kier alpha value is -0.930. The highest BCUT2D eigenvalue weighted by molar-refractivity contribution is 5.15. The molecular weight excluding hydrogens is 227 g/mol. The van der Waals surface area contributed by atoms with Crippen LogP contribution in [0.4, 0.5) is 4.39 Å². The van der Waals surface area contributed by atoms with E-state index >= 15 is 0 Å². The third-order valence-corrected chi connectivity index (χ3v) is 3.15. The average molecular weight is 252 g/mol. The summed E-state index contributed by atoms with van der Waals surface area (Å²) in [5, 5.41) is 3.51. The zero-order chi connectivity index (χ0) is 13.5. The van der Waals surface area contributed by atoms with Crippen molar-refractivity contribution in [1.82, 2.24) is 10.2 Å². The van der Waals surface area contributed by atoms with Gasteiger partial charge in [0.05, 0.1) is 0 Å². The minimum absolute atomic E-state index is 0.172. The van der Waals surface area contributed by atoms with E-state index in [1.807, 2.05) is 12.1 Å². The van der Waals surface area contributed by atoms with Gasteiger partial charge in [-0.3, -0.25) is 0 Å². The van der Waals surface area contributed by atoms with E-state index in [1.54, 1.807) is 0 Å². The fourth-order valence-corrected chi connectivity index (χ4v) is 2.08. The van der Waals surface area contributed by atoms with E-state index in [-0.39, 0.29) is 5.82 Å². The van der Waals surface area contributed by atoms with Crippen LogP contribution in [-0.2, 0) is 6.54 Å². The van der Waals surface area contributed by atoms with Gasteiger partial charge in [0.2, 0.25) is 0 Å². The predicted octanol–water partition coefficient (Wildman–Crippen LogP) is 2.89. The molecule has 1 rings (SSSR count). The molecule has 0 radical (unpaired) electrons. The molecule has 0 aliphatic rings. The van der Waals surface area contributed by atoms with Crippen molar-refractivity contribution in [3.05, 3.63) is 35.6 Å². The van der Waals surface area contributed by atoms with Gasteiger partial charge in [0, 0.05) is 19.1 Å². The standard InChI is InChI=1S/C15H25FN2/c1-5-17-15(12(2)3)11-18(4)10-13-6-8-14(16)9-7-13/h6-9,12,15,17H,5,10-11H2,1-4H3. The Labute approximate surface area is 110 Å². The molecule has 1 N–H and O–H groups in total. The molecule has 0 bridgehead atoms. The number of hydrogen-bond acceptors (Lipinski definition) is 2. The van der Waals surface area contributed by atoms with E-state index in [0.29, 0.717) is 12.0 Å². The number of benzene rings is 1. The summed E-state index contributed by atoms with van der Waals surface area (Å²) in [6, 6.07) is 7.24. The second kappa shape index (κ2) is 7.49. The number of rotatable bonds is 7. The molecule has 1 atom stereocenters. The van der Waals surface area contributed by atoms with Gasteiger partial charge in [-0.2, -0.15) is 0 Å². The first kappa shape index (κ1) is 15.1. The normalized spacial score (nSPS) is 13.3. The van der Waals surface area contributed by atoms with Gasteiger partial charge in [0.1, 0.15) is 5.82 Å². The summed E-state index contributed by atoms with van der Waals surface area (Å²) < 4.78 is 12.8. The fraction of sp³-hybridized carbons (Fsp3) is 0.600. The second-order valence-electron chi connectivity index (χ2n) is 5.23. The van der Waals surface area contributed by atoms with Gasteiger partial charge in [0.15, 0.2) is 0 Å². The van der Waals surface area contributed by atoms with Gasteiger partial charge in [-0.25, -0.2) is 4.39 Å². The molecule has 1 aromatic carbocycles. The van der Waals surface area contributed by atoms with Crippen LogP contribution in [0, 0.1) is 11.7 Å². The Morgan fingerprint density at radius 1 is 1.22 bits per heavy atom. The summed E-state index contributed by atoms with van der Waals surface area (Å²) in [6.45, 7) is 9.46. The maximum absolute atomic E-state index is 12.8. The van der Waals surface area contributed by atoms with Crippen molar-refractivity contribution in [2.45, 2.75) is 33.4 Å². The zero-order valence-electron chi connectivity index (χ0n) is 11.9. The van der Waals surface area contributed by atoms with Gasteiger partial charge in [-0.15, -0.1) is 0 Å². The zero-order valence-corrected chi connectivity index (χ0v) is 11.9. The largest absolute Gasteiger partial charge is 0.313 e. The molecule has 0 aliphatic carbocycles. The third-order valence-electron chi connectivity index (χ3n) is 3.15. The Balaban J connectivity index is 2.49. The van der Waals surface area contributed by atoms with Gasteiger partial charge in [-0.1, -0.05) is 32.9 Å². The van der Waals surface area contributed by atoms with Crippen molar-refractivity contribution in [2.75, 3.05) is 20.1 Å². The molecule has 0 spiro atoms. The van der Waals surface area contributed by atoms with Gasteiger partial charge in [0.25, 0.3) is 0 Å². The lowest BCUT2D eigenvalue weighted by atomic mass is 10.0. The first-order chi connectivity index (χ1) is 8.52. The Kier molecular flexibility index (Phi) is 6.30. The molecule has 3 heteroatoms. The highest BCUT2D eigenvalue weighted by Gasteiger charge is 2.14. The van der Waals surface area contributed by atoms with Crippen LogP contribution in [0.15, 0.2) is 24.3 Å². The van der Waals surface area contributed by atoms with Crippen LogP contribution in [-0.4, -0.2) is 31.1 Å². The first-order valence-electron chi connectivity index (χ1n) is 6.69. The summed E-state index contributed by atoms with van der Waals surface area (Å²) in [7, 11) is 2.11. The van der Waals surface area contributed by atoms with E-state index in [0.717, 1.165) is 25.2 Å². The topological polar surface area (TPSA) is 15.3 Å². The van der Waals surface area contributed by atoms with Crippen LogP contribution >= 0.6 is 0 Å². The maximum atomic E-state index is 12.8. The average Bonchev–Trinajstić information content (AvgIpc) is 2.31. The van der Waals surface area contributed by atoms with Crippen molar-refractivity contribution in [2.24, 2.45) is 5.92 Å². The number of nitrogens with zero attached hydrogens (tertiary/aromatic N) is 1. The molecule has 1 aromatic rings. The predicted molar refractivity (Wildman–Crippen MR) is 75.0 cm³/mol. The van der Waals surface area contributed by atoms with Crippen LogP contribution < -0.4 is 5.32 Å². The molecule has 0 saturated heterocycles. The minimum atomic E-state index is -0.172. The van der Waals surface area contributed by atoms with E-state index < -0.39 is 0 Å². The fourth-order valence-electron chi connectivity index (χ4n) is 2.08. The lowest BCUT2D eigenvalue weighted by Crippen LogP contribution is -2.42. The molecule has 0 amide bonds. The molecule has 18 heavy (non-hydrogen) atoms. The molecule has 2 nitrogen and oxygen atoms in total. The van der Waals surface area contributed by atoms with E-state index in [4.69, 9.17) is 0 Å². The highest BCUT2D eigenvalue weighted by Crippen LogP contribution is 2.08. The summed E-state index contributed by atoms with van der Waals surface area (Å²) in [4.78, 5) is 2.28. The monoisotopic (exact) mass is 252 g/mol. The Morgan fingerprint density at radius 3 is 2.33 bits per heavy atom. The van der Waals surface area contributed by atoms with Crippen molar-refractivity contribution in [3.8, 4) is 0 Å². The molecule has 0 saturated carbocycles. The van der Waals surface area contributed by atoms with Gasteiger partial charge in [-0.05, 0) is 37.2 Å². The van der Waals surface area contributed by atoms with Crippen molar-refractivity contribution >= 4 is 0 Å². The summed E-state index contributed by atoms with van der Waals surface area (Å²) >= 11 is 0. The third kappa shape index (κ3) is 5.15. The van der Waals surface area contributed by atoms with Gasteiger partial charge < -0.3 is 10.2 Å². The Morgan fingerprint density at radius 2 is 1.83 bits per heavy atom. The van der Waals surface area contributed by atoms with Crippen LogP contribution in [0.25, 0.3) is 0 Å². The van der Waals surface area contributed by atoms with Crippen LogP contribution in [0.2, 0.25) is 0 Å². The maximum Gasteiger partial charge on any atom is 0.123 e. The lowest BCUT2D eigenvalue weighted by molar-refractivity contribution is 0.250. The highest BCUT2D eigenvalue weighted by atomic mass is 19.1. The Bertz CT molecular complexity index is 335. The van der Waals surface area contributed by atoms with Crippen molar-refractivity contribution in [3.63, 3.8) is 0 Å². The van der Waals surface area contributed by atoms with Crippen LogP contribution in [0.3, 0.4) is 0 Å². The molecule has 102 valence electrons. The lowest BCUT2D eigenvalue weighted by Gasteiger charge is -2.27. The molecular formula is C15H25FN2. The molecule has 0 heterocycles. The first-order valence-corrected chi connectivity index (χ1v) is 6.69. The molecule has 0 aliphatic heterocycles. The van der Waals surface area contributed by atoms with Gasteiger partial charge >= 0.3 is 0 Å². The molecule has 0 fully saturated rings. The second-order valence-corrected chi connectivity index (χ2v) is 5.23. The smallest absolute Gasteiger partial charge is 0.123 e.